The van der Waals surface area contributed by atoms with Gasteiger partial charge in [-0.15, -0.1) is 0 Å². The van der Waals surface area contributed by atoms with Crippen molar-refractivity contribution in [1.82, 2.24) is 9.55 Å². The fraction of sp³-hybridized carbons (Fsp3) is 0.417. The number of rotatable bonds is 5. The second-order valence-electron chi connectivity index (χ2n) is 4.42. The number of H-pyrrole nitrogens is 1. The van der Waals surface area contributed by atoms with Gasteiger partial charge in [-0.2, -0.15) is 0 Å². The summed E-state index contributed by atoms with van der Waals surface area (Å²) in [6, 6.07) is 1.18. The topological polar surface area (TPSA) is 131 Å². The molecule has 1 aromatic heterocycles. The molecule has 1 aliphatic heterocycles. The number of aliphatic carboxylic acids is 1. The van der Waals surface area contributed by atoms with E-state index in [0.717, 1.165) is 16.9 Å². The number of ether oxygens (including phenoxy) is 2. The van der Waals surface area contributed by atoms with E-state index in [4.69, 9.17) is 14.6 Å². The van der Waals surface area contributed by atoms with Crippen LogP contribution in [0.4, 0.5) is 0 Å². The number of aliphatic hydroxyl groups is 1. The molecule has 0 aliphatic carbocycles. The van der Waals surface area contributed by atoms with Crippen LogP contribution in [0.3, 0.4) is 0 Å². The Bertz CT molecular complexity index is 647. The van der Waals surface area contributed by atoms with E-state index in [2.05, 4.69) is 4.98 Å². The lowest BCUT2D eigenvalue weighted by atomic mass is 10.2. The van der Waals surface area contributed by atoms with Gasteiger partial charge in [0.25, 0.3) is 5.56 Å². The van der Waals surface area contributed by atoms with Gasteiger partial charge in [0.05, 0.1) is 18.4 Å². The third kappa shape index (κ3) is 3.80. The van der Waals surface area contributed by atoms with Crippen LogP contribution in [-0.4, -0.2) is 44.5 Å². The first-order valence-corrected chi connectivity index (χ1v) is 6.13. The van der Waals surface area contributed by atoms with Crippen molar-refractivity contribution in [3.05, 3.63) is 45.4 Å². The van der Waals surface area contributed by atoms with Crippen molar-refractivity contribution in [1.29, 1.82) is 0 Å². The maximum absolute atomic E-state index is 11.6. The Morgan fingerprint density at radius 1 is 1.57 bits per heavy atom. The quantitative estimate of drug-likeness (QED) is 0.459. The Hall–Kier alpha value is -2.39. The molecule has 2 heterocycles. The van der Waals surface area contributed by atoms with E-state index in [1.165, 1.54) is 12.3 Å². The minimum absolute atomic E-state index is 0.0560. The van der Waals surface area contributed by atoms with Gasteiger partial charge in [-0.25, -0.2) is 9.59 Å². The predicted octanol–water partition coefficient (Wildman–Crippen LogP) is -1.20. The summed E-state index contributed by atoms with van der Waals surface area (Å²) in [6.07, 6.45) is 0.943. The molecule has 0 aromatic carbocycles. The van der Waals surface area contributed by atoms with E-state index >= 15 is 0 Å². The number of carboxylic acids is 1. The summed E-state index contributed by atoms with van der Waals surface area (Å²) in [5, 5.41) is 18.2. The molecule has 0 unspecified atom stereocenters. The summed E-state index contributed by atoms with van der Waals surface area (Å²) >= 11 is 0. The van der Waals surface area contributed by atoms with Crippen molar-refractivity contribution >= 4 is 5.97 Å². The normalized spacial score (nSPS) is 25.3. The van der Waals surface area contributed by atoms with Gasteiger partial charge in [0.1, 0.15) is 18.9 Å². The van der Waals surface area contributed by atoms with Gasteiger partial charge in [-0.1, -0.05) is 0 Å². The van der Waals surface area contributed by atoms with Crippen LogP contribution in [0, 0.1) is 0 Å². The van der Waals surface area contributed by atoms with Crippen LogP contribution in [0.5, 0.6) is 0 Å². The van der Waals surface area contributed by atoms with Gasteiger partial charge < -0.3 is 19.7 Å². The van der Waals surface area contributed by atoms with Crippen molar-refractivity contribution in [2.45, 2.75) is 24.9 Å². The van der Waals surface area contributed by atoms with E-state index in [1.54, 1.807) is 0 Å². The maximum Gasteiger partial charge on any atom is 0.331 e. The molecule has 0 amide bonds. The van der Waals surface area contributed by atoms with Crippen molar-refractivity contribution in [3.8, 4) is 0 Å². The smallest absolute Gasteiger partial charge is 0.331 e. The van der Waals surface area contributed by atoms with E-state index in [-0.39, 0.29) is 13.0 Å². The van der Waals surface area contributed by atoms with Gasteiger partial charge in [0, 0.05) is 18.7 Å². The third-order valence-corrected chi connectivity index (χ3v) is 2.93. The average Bonchev–Trinajstić information content (AvgIpc) is 2.75. The standard InChI is InChI=1S/C12H14N2O7/c15-7-5-10(14-3-1-9(16)13-12(14)19)21-8(7)6-20-4-2-11(17)18/h1-4,7-8,10,15H,5-6H2,(H,17,18)(H,13,16,19)/t7-,8+,10+/m0/s1. The summed E-state index contributed by atoms with van der Waals surface area (Å²) < 4.78 is 11.6. The van der Waals surface area contributed by atoms with Gasteiger partial charge in [0.15, 0.2) is 0 Å². The van der Waals surface area contributed by atoms with Crippen molar-refractivity contribution in [3.63, 3.8) is 0 Å². The average molecular weight is 298 g/mol. The zero-order valence-electron chi connectivity index (χ0n) is 10.8. The second-order valence-corrected chi connectivity index (χ2v) is 4.42. The monoisotopic (exact) mass is 298 g/mol. The molecule has 0 radical (unpaired) electrons. The number of aliphatic hydroxyl groups excluding tert-OH is 1. The third-order valence-electron chi connectivity index (χ3n) is 2.93. The molecule has 114 valence electrons. The minimum atomic E-state index is -1.15. The molecule has 2 rings (SSSR count). The molecular formula is C12H14N2O7. The lowest BCUT2D eigenvalue weighted by Crippen LogP contribution is -2.31. The number of nitrogens with zero attached hydrogens (tertiary/aromatic N) is 1. The van der Waals surface area contributed by atoms with Crippen molar-refractivity contribution < 1.29 is 24.5 Å². The van der Waals surface area contributed by atoms with Gasteiger partial charge in [-0.3, -0.25) is 14.3 Å². The fourth-order valence-electron chi connectivity index (χ4n) is 1.95. The molecule has 9 nitrogen and oxygen atoms in total. The molecule has 21 heavy (non-hydrogen) atoms. The number of hydrogen-bond acceptors (Lipinski definition) is 6. The maximum atomic E-state index is 11.6. The molecule has 3 N–H and O–H groups in total. The number of aromatic amines is 1. The Morgan fingerprint density at radius 3 is 3.00 bits per heavy atom. The highest BCUT2D eigenvalue weighted by Crippen LogP contribution is 2.27. The Labute approximate surface area is 118 Å². The number of nitrogens with one attached hydrogen (secondary N) is 1. The first-order valence-electron chi connectivity index (χ1n) is 6.13. The molecule has 1 saturated heterocycles. The molecule has 0 saturated carbocycles. The molecule has 9 heteroatoms. The van der Waals surface area contributed by atoms with E-state index in [9.17, 15) is 19.5 Å². The lowest BCUT2D eigenvalue weighted by Gasteiger charge is -2.15. The minimum Gasteiger partial charge on any atom is -0.498 e. The number of carboxylic acid groups (broad SMARTS) is 1. The fourth-order valence-corrected chi connectivity index (χ4v) is 1.95. The summed E-state index contributed by atoms with van der Waals surface area (Å²) in [4.78, 5) is 34.9. The second kappa shape index (κ2) is 6.37. The van der Waals surface area contributed by atoms with Crippen LogP contribution in [0.25, 0.3) is 0 Å². The van der Waals surface area contributed by atoms with Crippen LogP contribution < -0.4 is 11.2 Å². The number of hydrogen-bond donors (Lipinski definition) is 3. The zero-order valence-corrected chi connectivity index (χ0v) is 10.8. The van der Waals surface area contributed by atoms with Gasteiger partial charge in [0.2, 0.25) is 0 Å². The van der Waals surface area contributed by atoms with Crippen LogP contribution in [0.2, 0.25) is 0 Å². The highest BCUT2D eigenvalue weighted by molar-refractivity contribution is 5.79. The molecule has 1 fully saturated rings. The summed E-state index contributed by atoms with van der Waals surface area (Å²) in [5.41, 5.74) is -1.15. The molecule has 0 spiro atoms. The summed E-state index contributed by atoms with van der Waals surface area (Å²) in [5.74, 6) is -1.15. The van der Waals surface area contributed by atoms with Crippen LogP contribution in [0.1, 0.15) is 12.6 Å². The van der Waals surface area contributed by atoms with Gasteiger partial charge >= 0.3 is 11.7 Å². The SMILES string of the molecule is O=C(O)C=COC[C@H]1O[C@@H](n2ccc(=O)[nH]c2=O)C[C@@H]1O. The zero-order chi connectivity index (χ0) is 15.4. The van der Waals surface area contributed by atoms with Crippen LogP contribution in [0.15, 0.2) is 34.2 Å². The molecular weight excluding hydrogens is 284 g/mol. The molecule has 3 atom stereocenters. The van der Waals surface area contributed by atoms with E-state index in [0.29, 0.717) is 0 Å². The highest BCUT2D eigenvalue weighted by Gasteiger charge is 2.35. The van der Waals surface area contributed by atoms with Crippen LogP contribution >= 0.6 is 0 Å². The summed E-state index contributed by atoms with van der Waals surface area (Å²) in [7, 11) is 0. The number of carbonyl (C=O) groups is 1. The molecule has 0 bridgehead atoms. The van der Waals surface area contributed by atoms with Crippen LogP contribution in [-0.2, 0) is 14.3 Å². The molecule has 1 aliphatic rings. The van der Waals surface area contributed by atoms with E-state index < -0.39 is 35.7 Å². The first-order chi connectivity index (χ1) is 9.97. The van der Waals surface area contributed by atoms with Crippen molar-refractivity contribution in [2.24, 2.45) is 0 Å². The summed E-state index contributed by atoms with van der Waals surface area (Å²) in [6.45, 7) is -0.0560. The van der Waals surface area contributed by atoms with E-state index in [1.807, 2.05) is 0 Å². The first kappa shape index (κ1) is 15.0. The molecule has 1 aromatic rings. The lowest BCUT2D eigenvalue weighted by molar-refractivity contribution is -0.131. The van der Waals surface area contributed by atoms with Gasteiger partial charge in [-0.05, 0) is 0 Å². The van der Waals surface area contributed by atoms with Crippen molar-refractivity contribution in [2.75, 3.05) is 6.61 Å². The highest BCUT2D eigenvalue weighted by atomic mass is 16.6. The number of aromatic nitrogens is 2. The Balaban J connectivity index is 1.99. The largest absolute Gasteiger partial charge is 0.498 e. The predicted molar refractivity (Wildman–Crippen MR) is 68.6 cm³/mol. The Kier molecular flexibility index (Phi) is 4.55. The Morgan fingerprint density at radius 2 is 2.33 bits per heavy atom.